The molecule has 0 amide bonds. The maximum absolute atomic E-state index is 3.78. The van der Waals surface area contributed by atoms with Gasteiger partial charge in [-0.3, -0.25) is 0 Å². The molecule has 1 aliphatic heterocycles. The van der Waals surface area contributed by atoms with Crippen LogP contribution in [0.2, 0.25) is 0 Å². The summed E-state index contributed by atoms with van der Waals surface area (Å²) in [6.45, 7) is 5.40. The fourth-order valence-electron chi connectivity index (χ4n) is 0.805. The highest BCUT2D eigenvalue weighted by molar-refractivity contribution is 5.30. The van der Waals surface area contributed by atoms with Gasteiger partial charge in [0.25, 0.3) is 0 Å². The van der Waals surface area contributed by atoms with Crippen LogP contribution in [0, 0.1) is 0 Å². The van der Waals surface area contributed by atoms with E-state index < -0.39 is 0 Å². The molecule has 0 aromatic rings. The Morgan fingerprint density at radius 2 is 2.40 bits per heavy atom. The van der Waals surface area contributed by atoms with Crippen LogP contribution in [0.3, 0.4) is 0 Å². The lowest BCUT2D eigenvalue weighted by atomic mass is 10.3. The number of hydrogen-bond acceptors (Lipinski definition) is 2. The molecule has 2 nitrogen and oxygen atoms in total. The van der Waals surface area contributed by atoms with E-state index in [0.717, 1.165) is 5.70 Å². The van der Waals surface area contributed by atoms with E-state index in [1.807, 2.05) is 37.4 Å². The van der Waals surface area contributed by atoms with Crippen molar-refractivity contribution in [3.05, 3.63) is 36.2 Å². The first-order chi connectivity index (χ1) is 4.88. The summed E-state index contributed by atoms with van der Waals surface area (Å²) in [5.41, 5.74) is 1.05. The Morgan fingerprint density at radius 1 is 1.60 bits per heavy atom. The van der Waals surface area contributed by atoms with E-state index >= 15 is 0 Å². The summed E-state index contributed by atoms with van der Waals surface area (Å²) in [7, 11) is 0. The Hall–Kier alpha value is -1.31. The highest BCUT2D eigenvalue weighted by atomic mass is 15.4. The molecule has 52 valence electrons. The van der Waals surface area contributed by atoms with Gasteiger partial charge in [0.2, 0.25) is 0 Å². The van der Waals surface area contributed by atoms with Crippen LogP contribution in [0.1, 0.15) is 6.92 Å². The van der Waals surface area contributed by atoms with Gasteiger partial charge in [-0.05, 0) is 19.1 Å². The van der Waals surface area contributed by atoms with Crippen LogP contribution < -0.4 is 0 Å². The lowest BCUT2D eigenvalue weighted by Gasteiger charge is -2.15. The van der Waals surface area contributed by atoms with Crippen LogP contribution in [0.25, 0.3) is 0 Å². The second-order valence-electron chi connectivity index (χ2n) is 1.90. The Balaban J connectivity index is 2.83. The minimum atomic E-state index is 1.05. The molecule has 0 N–H and O–H groups in total. The fourth-order valence-corrected chi connectivity index (χ4v) is 0.805. The average molecular weight is 134 g/mol. The van der Waals surface area contributed by atoms with E-state index in [1.54, 1.807) is 5.01 Å². The molecule has 1 heterocycles. The monoisotopic (exact) mass is 134 g/mol. The molecule has 1 aliphatic rings. The summed E-state index contributed by atoms with van der Waals surface area (Å²) >= 11 is 0. The Morgan fingerprint density at radius 3 is 2.90 bits per heavy atom. The zero-order valence-electron chi connectivity index (χ0n) is 5.99. The standard InChI is InChI=1S/C8H10N2/c1-3-8-6-4-5-7-10(8)9-2/h3-7H,2H2,1H3/b8-3-. The van der Waals surface area contributed by atoms with Crippen molar-refractivity contribution < 1.29 is 0 Å². The Labute approximate surface area is 60.8 Å². The maximum Gasteiger partial charge on any atom is 0.0602 e. The van der Waals surface area contributed by atoms with Crippen LogP contribution in [-0.2, 0) is 0 Å². The summed E-state index contributed by atoms with van der Waals surface area (Å²) in [5.74, 6) is 0. The van der Waals surface area contributed by atoms with E-state index in [4.69, 9.17) is 0 Å². The first kappa shape index (κ1) is 6.81. The third kappa shape index (κ3) is 1.16. The van der Waals surface area contributed by atoms with Crippen LogP contribution in [0.4, 0.5) is 0 Å². The lowest BCUT2D eigenvalue weighted by Crippen LogP contribution is -2.08. The third-order valence-corrected chi connectivity index (χ3v) is 1.32. The zero-order valence-corrected chi connectivity index (χ0v) is 5.99. The zero-order chi connectivity index (χ0) is 7.40. The molecular formula is C8H10N2. The van der Waals surface area contributed by atoms with Crippen molar-refractivity contribution >= 4 is 6.72 Å². The Kier molecular flexibility index (Phi) is 2.05. The van der Waals surface area contributed by atoms with Crippen molar-refractivity contribution in [1.29, 1.82) is 0 Å². The topological polar surface area (TPSA) is 15.6 Å². The minimum absolute atomic E-state index is 1.05. The molecule has 0 atom stereocenters. The summed E-state index contributed by atoms with van der Waals surface area (Å²) in [4.78, 5) is 0. The first-order valence-corrected chi connectivity index (χ1v) is 3.15. The van der Waals surface area contributed by atoms with E-state index in [-0.39, 0.29) is 0 Å². The number of nitrogens with zero attached hydrogens (tertiary/aromatic N) is 2. The molecule has 0 saturated carbocycles. The van der Waals surface area contributed by atoms with Gasteiger partial charge in [0.15, 0.2) is 0 Å². The molecule has 0 spiro atoms. The van der Waals surface area contributed by atoms with E-state index in [2.05, 4.69) is 11.8 Å². The van der Waals surface area contributed by atoms with Gasteiger partial charge in [-0.1, -0.05) is 12.2 Å². The molecular weight excluding hydrogens is 124 g/mol. The molecule has 0 aromatic carbocycles. The van der Waals surface area contributed by atoms with Crippen LogP contribution in [0.15, 0.2) is 41.3 Å². The summed E-state index contributed by atoms with van der Waals surface area (Å²) in [6.07, 6.45) is 9.71. The van der Waals surface area contributed by atoms with Crippen LogP contribution >= 0.6 is 0 Å². The van der Waals surface area contributed by atoms with Gasteiger partial charge in [-0.25, -0.2) is 5.01 Å². The summed E-state index contributed by atoms with van der Waals surface area (Å²) < 4.78 is 0. The molecule has 0 fully saturated rings. The molecule has 0 aromatic heterocycles. The first-order valence-electron chi connectivity index (χ1n) is 3.15. The molecule has 0 aliphatic carbocycles. The normalized spacial score (nSPS) is 20.1. The highest BCUT2D eigenvalue weighted by Gasteiger charge is 2.00. The SMILES string of the molecule is C=NN1C=CC=C/C1=C/C. The number of hydrogen-bond donors (Lipinski definition) is 0. The highest BCUT2D eigenvalue weighted by Crippen LogP contribution is 2.10. The van der Waals surface area contributed by atoms with Gasteiger partial charge < -0.3 is 0 Å². The van der Waals surface area contributed by atoms with E-state index in [9.17, 15) is 0 Å². The number of rotatable bonds is 1. The maximum atomic E-state index is 3.78. The molecule has 2 heteroatoms. The predicted octanol–water partition coefficient (Wildman–Crippen LogP) is 1.89. The third-order valence-electron chi connectivity index (χ3n) is 1.32. The summed E-state index contributed by atoms with van der Waals surface area (Å²) in [6, 6.07) is 0. The van der Waals surface area contributed by atoms with Crippen molar-refractivity contribution in [2.24, 2.45) is 5.10 Å². The quantitative estimate of drug-likeness (QED) is 0.500. The lowest BCUT2D eigenvalue weighted by molar-refractivity contribution is 0.514. The van der Waals surface area contributed by atoms with Crippen molar-refractivity contribution in [2.75, 3.05) is 0 Å². The van der Waals surface area contributed by atoms with Crippen molar-refractivity contribution in [1.82, 2.24) is 5.01 Å². The van der Waals surface area contributed by atoms with Gasteiger partial charge in [0.1, 0.15) is 0 Å². The number of hydrazone groups is 1. The second-order valence-corrected chi connectivity index (χ2v) is 1.90. The Bertz CT molecular complexity index is 211. The summed E-state index contributed by atoms with van der Waals surface area (Å²) in [5, 5.41) is 5.50. The average Bonchev–Trinajstić information content (AvgIpc) is 2.04. The number of allylic oxidation sites excluding steroid dienone is 4. The molecule has 0 unspecified atom stereocenters. The molecule has 10 heavy (non-hydrogen) atoms. The van der Waals surface area contributed by atoms with Gasteiger partial charge >= 0.3 is 0 Å². The van der Waals surface area contributed by atoms with Crippen molar-refractivity contribution in [3.63, 3.8) is 0 Å². The van der Waals surface area contributed by atoms with Gasteiger partial charge in [-0.2, -0.15) is 5.10 Å². The largest absolute Gasteiger partial charge is 0.242 e. The molecule has 1 rings (SSSR count). The van der Waals surface area contributed by atoms with Gasteiger partial charge in [0, 0.05) is 12.9 Å². The van der Waals surface area contributed by atoms with E-state index in [0.29, 0.717) is 0 Å². The van der Waals surface area contributed by atoms with Crippen LogP contribution in [-0.4, -0.2) is 11.7 Å². The van der Waals surface area contributed by atoms with Gasteiger partial charge in [-0.15, -0.1) is 0 Å². The molecule has 0 bridgehead atoms. The molecule has 0 radical (unpaired) electrons. The van der Waals surface area contributed by atoms with Crippen molar-refractivity contribution in [2.45, 2.75) is 6.92 Å². The fraction of sp³-hybridized carbons (Fsp3) is 0.125. The predicted molar refractivity (Wildman–Crippen MR) is 43.4 cm³/mol. The second kappa shape index (κ2) is 3.01. The van der Waals surface area contributed by atoms with Crippen LogP contribution in [0.5, 0.6) is 0 Å². The smallest absolute Gasteiger partial charge is 0.0602 e. The minimum Gasteiger partial charge on any atom is -0.242 e. The van der Waals surface area contributed by atoms with Gasteiger partial charge in [0.05, 0.1) is 5.70 Å². The van der Waals surface area contributed by atoms with E-state index in [1.165, 1.54) is 0 Å². The van der Waals surface area contributed by atoms with Crippen molar-refractivity contribution in [3.8, 4) is 0 Å². The molecule has 0 saturated heterocycles.